The molecule has 1 fully saturated rings. The Bertz CT molecular complexity index is 411. The minimum Gasteiger partial charge on any atom is -0.326 e. The summed E-state index contributed by atoms with van der Waals surface area (Å²) >= 11 is 0. The van der Waals surface area contributed by atoms with Gasteiger partial charge in [0, 0.05) is 25.7 Å². The van der Waals surface area contributed by atoms with E-state index in [1.807, 2.05) is 31.3 Å². The average Bonchev–Trinajstić information content (AvgIpc) is 2.90. The quantitative estimate of drug-likeness (QED) is 0.887. The van der Waals surface area contributed by atoms with Crippen molar-refractivity contribution in [3.63, 3.8) is 0 Å². The lowest BCUT2D eigenvalue weighted by atomic mass is 10.0. The molecule has 1 aromatic rings. The number of nitrogens with two attached hydrogens (primary N) is 1. The first-order valence-electron chi connectivity index (χ1n) is 6.77. The van der Waals surface area contributed by atoms with E-state index in [4.69, 9.17) is 5.73 Å². The van der Waals surface area contributed by atoms with Gasteiger partial charge >= 0.3 is 0 Å². The van der Waals surface area contributed by atoms with Crippen LogP contribution in [0, 0.1) is 5.92 Å². The molecule has 0 aromatic heterocycles. The first-order chi connectivity index (χ1) is 8.72. The molecule has 1 aliphatic rings. The molecule has 2 rings (SSSR count). The minimum absolute atomic E-state index is 0.211. The predicted molar refractivity (Wildman–Crippen MR) is 74.3 cm³/mol. The van der Waals surface area contributed by atoms with Crippen LogP contribution >= 0.6 is 0 Å². The molecule has 2 N–H and O–H groups in total. The molecular formula is C15H22N2O. The van der Waals surface area contributed by atoms with Gasteiger partial charge in [-0.2, -0.15) is 0 Å². The van der Waals surface area contributed by atoms with Gasteiger partial charge in [0.15, 0.2) is 0 Å². The Morgan fingerprint density at radius 2 is 2.00 bits per heavy atom. The van der Waals surface area contributed by atoms with E-state index in [2.05, 4.69) is 0 Å². The van der Waals surface area contributed by atoms with Gasteiger partial charge < -0.3 is 10.6 Å². The van der Waals surface area contributed by atoms with E-state index in [0.29, 0.717) is 18.9 Å². The lowest BCUT2D eigenvalue weighted by Crippen LogP contribution is -2.28. The van der Waals surface area contributed by atoms with E-state index >= 15 is 0 Å². The van der Waals surface area contributed by atoms with Crippen LogP contribution in [0.25, 0.3) is 0 Å². The van der Waals surface area contributed by atoms with Crippen molar-refractivity contribution in [2.45, 2.75) is 38.6 Å². The van der Waals surface area contributed by atoms with Gasteiger partial charge in [-0.05, 0) is 30.4 Å². The van der Waals surface area contributed by atoms with E-state index in [1.54, 1.807) is 4.90 Å². The molecule has 1 amide bonds. The average molecular weight is 246 g/mol. The van der Waals surface area contributed by atoms with Crippen LogP contribution in [-0.2, 0) is 11.3 Å². The maximum absolute atomic E-state index is 12.3. The van der Waals surface area contributed by atoms with E-state index in [0.717, 1.165) is 11.3 Å². The van der Waals surface area contributed by atoms with Crippen LogP contribution in [0.3, 0.4) is 0 Å². The summed E-state index contributed by atoms with van der Waals surface area (Å²) in [5.41, 5.74) is 7.69. The maximum atomic E-state index is 12.3. The largest absolute Gasteiger partial charge is 0.326 e. The number of anilines is 1. The third-order valence-corrected chi connectivity index (χ3v) is 3.89. The number of carbonyl (C=O) groups excluding carboxylic acids is 1. The lowest BCUT2D eigenvalue weighted by Gasteiger charge is -2.21. The van der Waals surface area contributed by atoms with Crippen molar-refractivity contribution in [2.75, 3.05) is 11.9 Å². The van der Waals surface area contributed by atoms with Crippen molar-refractivity contribution >= 4 is 11.6 Å². The van der Waals surface area contributed by atoms with Gasteiger partial charge in [-0.15, -0.1) is 0 Å². The van der Waals surface area contributed by atoms with Gasteiger partial charge in [0.2, 0.25) is 5.91 Å². The van der Waals surface area contributed by atoms with Crippen LogP contribution in [0.1, 0.15) is 37.7 Å². The molecule has 0 aliphatic heterocycles. The fourth-order valence-corrected chi connectivity index (χ4v) is 2.74. The van der Waals surface area contributed by atoms with Crippen molar-refractivity contribution in [2.24, 2.45) is 11.7 Å². The highest BCUT2D eigenvalue weighted by molar-refractivity contribution is 5.93. The predicted octanol–water partition coefficient (Wildman–Crippen LogP) is 2.69. The topological polar surface area (TPSA) is 46.3 Å². The van der Waals surface area contributed by atoms with Crippen molar-refractivity contribution < 1.29 is 4.79 Å². The fraction of sp³-hybridized carbons (Fsp3) is 0.533. The Kier molecular flexibility index (Phi) is 4.37. The van der Waals surface area contributed by atoms with Crippen LogP contribution in [0.2, 0.25) is 0 Å². The standard InChI is InChI=1S/C15H22N2O/c1-17(14-9-5-4-8-13(14)11-16)15(18)10-12-6-2-3-7-12/h4-5,8-9,12H,2-3,6-7,10-11,16H2,1H3. The highest BCUT2D eigenvalue weighted by Gasteiger charge is 2.21. The normalized spacial score (nSPS) is 15.9. The number of nitrogens with zero attached hydrogens (tertiary/aromatic N) is 1. The molecule has 0 bridgehead atoms. The second kappa shape index (κ2) is 6.01. The van der Waals surface area contributed by atoms with Gasteiger partial charge in [-0.1, -0.05) is 31.0 Å². The van der Waals surface area contributed by atoms with Crippen LogP contribution < -0.4 is 10.6 Å². The van der Waals surface area contributed by atoms with Gasteiger partial charge in [0.25, 0.3) is 0 Å². The summed E-state index contributed by atoms with van der Waals surface area (Å²) in [7, 11) is 1.85. The molecule has 0 radical (unpaired) electrons. The summed E-state index contributed by atoms with van der Waals surface area (Å²) in [6.07, 6.45) is 5.65. The third kappa shape index (κ3) is 2.91. The van der Waals surface area contributed by atoms with Gasteiger partial charge in [-0.25, -0.2) is 0 Å². The summed E-state index contributed by atoms with van der Waals surface area (Å²) in [5.74, 6) is 0.799. The zero-order chi connectivity index (χ0) is 13.0. The molecule has 0 spiro atoms. The Hall–Kier alpha value is -1.35. The number of para-hydroxylation sites is 1. The maximum Gasteiger partial charge on any atom is 0.227 e. The van der Waals surface area contributed by atoms with Crippen LogP contribution in [0.5, 0.6) is 0 Å². The zero-order valence-electron chi connectivity index (χ0n) is 11.1. The van der Waals surface area contributed by atoms with Crippen molar-refractivity contribution in [1.82, 2.24) is 0 Å². The third-order valence-electron chi connectivity index (χ3n) is 3.89. The summed E-state index contributed by atoms with van der Waals surface area (Å²) in [5, 5.41) is 0. The number of benzene rings is 1. The molecule has 18 heavy (non-hydrogen) atoms. The molecule has 98 valence electrons. The molecule has 0 heterocycles. The Morgan fingerprint density at radius 3 is 2.67 bits per heavy atom. The van der Waals surface area contributed by atoms with Gasteiger partial charge in [0.1, 0.15) is 0 Å². The van der Waals surface area contributed by atoms with Crippen LogP contribution in [0.15, 0.2) is 24.3 Å². The number of rotatable bonds is 4. The molecular weight excluding hydrogens is 224 g/mol. The Labute approximate surface area is 109 Å². The van der Waals surface area contributed by atoms with Gasteiger partial charge in [0.05, 0.1) is 0 Å². The highest BCUT2D eigenvalue weighted by atomic mass is 16.2. The molecule has 1 saturated carbocycles. The molecule has 3 heteroatoms. The fourth-order valence-electron chi connectivity index (χ4n) is 2.74. The Balaban J connectivity index is 2.05. The molecule has 1 aromatic carbocycles. The molecule has 0 unspecified atom stereocenters. The second-order valence-corrected chi connectivity index (χ2v) is 5.14. The number of carbonyl (C=O) groups is 1. The summed E-state index contributed by atoms with van der Waals surface area (Å²) in [6.45, 7) is 0.469. The van der Waals surface area contributed by atoms with Crippen LogP contribution in [-0.4, -0.2) is 13.0 Å². The number of hydrogen-bond donors (Lipinski definition) is 1. The van der Waals surface area contributed by atoms with E-state index in [-0.39, 0.29) is 5.91 Å². The van der Waals surface area contributed by atoms with E-state index in [9.17, 15) is 4.79 Å². The second-order valence-electron chi connectivity index (χ2n) is 5.14. The van der Waals surface area contributed by atoms with Crippen molar-refractivity contribution in [1.29, 1.82) is 0 Å². The molecule has 3 nitrogen and oxygen atoms in total. The van der Waals surface area contributed by atoms with Gasteiger partial charge in [-0.3, -0.25) is 4.79 Å². The zero-order valence-corrected chi connectivity index (χ0v) is 11.1. The lowest BCUT2D eigenvalue weighted by molar-refractivity contribution is -0.119. The molecule has 0 atom stereocenters. The SMILES string of the molecule is CN(C(=O)CC1CCCC1)c1ccccc1CN. The summed E-state index contributed by atoms with van der Waals surface area (Å²) in [6, 6.07) is 7.86. The first-order valence-corrected chi connectivity index (χ1v) is 6.77. The monoisotopic (exact) mass is 246 g/mol. The molecule has 1 aliphatic carbocycles. The highest BCUT2D eigenvalue weighted by Crippen LogP contribution is 2.29. The van der Waals surface area contributed by atoms with Crippen LogP contribution in [0.4, 0.5) is 5.69 Å². The summed E-state index contributed by atoms with van der Waals surface area (Å²) < 4.78 is 0. The van der Waals surface area contributed by atoms with E-state index < -0.39 is 0 Å². The Morgan fingerprint density at radius 1 is 1.33 bits per heavy atom. The first kappa shape index (κ1) is 13.1. The van der Waals surface area contributed by atoms with Crippen molar-refractivity contribution in [3.05, 3.63) is 29.8 Å². The number of amides is 1. The summed E-state index contributed by atoms with van der Waals surface area (Å²) in [4.78, 5) is 14.0. The number of hydrogen-bond acceptors (Lipinski definition) is 2. The van der Waals surface area contributed by atoms with E-state index in [1.165, 1.54) is 25.7 Å². The van der Waals surface area contributed by atoms with Crippen molar-refractivity contribution in [3.8, 4) is 0 Å². The smallest absolute Gasteiger partial charge is 0.227 e. The molecule has 0 saturated heterocycles. The minimum atomic E-state index is 0.211.